The standard InChI is InChI=1S/C25H36N2O3/c1-3-29-24(30-4-2)20-27(19-11-16-21-12-7-5-8-13-21)25(28)23(26)18-17-22-14-9-6-10-15-22/h5-10,12-15,23-24H,3-4,11,16-20,26H2,1-2H3/t23-/m0/s1. The van der Waals surface area contributed by atoms with Gasteiger partial charge in [0.2, 0.25) is 5.91 Å². The van der Waals surface area contributed by atoms with Crippen LogP contribution in [0.1, 0.15) is 37.8 Å². The van der Waals surface area contributed by atoms with Gasteiger partial charge in [0.25, 0.3) is 0 Å². The lowest BCUT2D eigenvalue weighted by atomic mass is 10.0. The van der Waals surface area contributed by atoms with E-state index in [0.29, 0.717) is 32.7 Å². The fraction of sp³-hybridized carbons (Fsp3) is 0.480. The third-order valence-electron chi connectivity index (χ3n) is 5.03. The molecule has 0 radical (unpaired) electrons. The summed E-state index contributed by atoms with van der Waals surface area (Å²) in [7, 11) is 0. The second kappa shape index (κ2) is 13.9. The highest BCUT2D eigenvalue weighted by molar-refractivity contribution is 5.81. The van der Waals surface area contributed by atoms with E-state index in [1.54, 1.807) is 0 Å². The molecule has 0 fully saturated rings. The maximum absolute atomic E-state index is 13.1. The zero-order valence-electron chi connectivity index (χ0n) is 18.3. The van der Waals surface area contributed by atoms with Gasteiger partial charge in [-0.25, -0.2) is 0 Å². The lowest BCUT2D eigenvalue weighted by Gasteiger charge is -2.29. The van der Waals surface area contributed by atoms with Gasteiger partial charge in [0.1, 0.15) is 0 Å². The van der Waals surface area contributed by atoms with Gasteiger partial charge in [0.05, 0.1) is 12.6 Å². The average Bonchev–Trinajstić information content (AvgIpc) is 2.78. The maximum atomic E-state index is 13.1. The summed E-state index contributed by atoms with van der Waals surface area (Å²) in [6, 6.07) is 19.9. The molecular formula is C25H36N2O3. The Morgan fingerprint density at radius 2 is 1.43 bits per heavy atom. The number of aryl methyl sites for hydroxylation is 2. The van der Waals surface area contributed by atoms with Crippen LogP contribution in [0.3, 0.4) is 0 Å². The predicted octanol–water partition coefficient (Wildman–Crippen LogP) is 3.81. The molecule has 0 heterocycles. The minimum Gasteiger partial charge on any atom is -0.351 e. The van der Waals surface area contributed by atoms with Crippen LogP contribution in [-0.2, 0) is 27.1 Å². The Balaban J connectivity index is 1.96. The molecule has 0 aliphatic heterocycles. The number of carbonyl (C=O) groups is 1. The fourth-order valence-corrected chi connectivity index (χ4v) is 3.44. The Morgan fingerprint density at radius 1 is 0.900 bits per heavy atom. The van der Waals surface area contributed by atoms with Crippen LogP contribution in [0.2, 0.25) is 0 Å². The van der Waals surface area contributed by atoms with Gasteiger partial charge in [-0.2, -0.15) is 0 Å². The average molecular weight is 413 g/mol. The van der Waals surface area contributed by atoms with Gasteiger partial charge in [-0.1, -0.05) is 60.7 Å². The molecule has 1 amide bonds. The largest absolute Gasteiger partial charge is 0.351 e. The second-order valence-corrected chi connectivity index (χ2v) is 7.34. The molecule has 0 aliphatic carbocycles. The fourth-order valence-electron chi connectivity index (χ4n) is 3.44. The van der Waals surface area contributed by atoms with E-state index < -0.39 is 12.3 Å². The van der Waals surface area contributed by atoms with Gasteiger partial charge in [-0.15, -0.1) is 0 Å². The highest BCUT2D eigenvalue weighted by atomic mass is 16.7. The topological polar surface area (TPSA) is 64.8 Å². The van der Waals surface area contributed by atoms with Crippen LogP contribution in [0.15, 0.2) is 60.7 Å². The first-order valence-corrected chi connectivity index (χ1v) is 11.0. The molecule has 5 heteroatoms. The van der Waals surface area contributed by atoms with E-state index in [-0.39, 0.29) is 5.91 Å². The summed E-state index contributed by atoms with van der Waals surface area (Å²) in [5.41, 5.74) is 8.76. The highest BCUT2D eigenvalue weighted by Gasteiger charge is 2.24. The van der Waals surface area contributed by atoms with Crippen LogP contribution in [0.25, 0.3) is 0 Å². The SMILES string of the molecule is CCOC(CN(CCCc1ccccc1)C(=O)[C@@H](N)CCc1ccccc1)OCC. The number of benzene rings is 2. The first kappa shape index (κ1) is 24.1. The summed E-state index contributed by atoms with van der Waals surface area (Å²) in [6.45, 7) is 5.96. The molecule has 0 aromatic heterocycles. The maximum Gasteiger partial charge on any atom is 0.239 e. The van der Waals surface area contributed by atoms with Crippen molar-refractivity contribution in [1.29, 1.82) is 0 Å². The lowest BCUT2D eigenvalue weighted by Crippen LogP contribution is -2.48. The Morgan fingerprint density at radius 3 is 1.97 bits per heavy atom. The molecule has 2 aromatic rings. The van der Waals surface area contributed by atoms with Gasteiger partial charge >= 0.3 is 0 Å². The van der Waals surface area contributed by atoms with Crippen molar-refractivity contribution in [2.24, 2.45) is 5.73 Å². The lowest BCUT2D eigenvalue weighted by molar-refractivity contribution is -0.159. The van der Waals surface area contributed by atoms with Crippen molar-refractivity contribution in [3.8, 4) is 0 Å². The summed E-state index contributed by atoms with van der Waals surface area (Å²) in [4.78, 5) is 15.0. The third kappa shape index (κ3) is 8.66. The summed E-state index contributed by atoms with van der Waals surface area (Å²) in [5.74, 6) is -0.0385. The quantitative estimate of drug-likeness (QED) is 0.479. The van der Waals surface area contributed by atoms with Gasteiger partial charge < -0.3 is 20.1 Å². The number of ether oxygens (including phenoxy) is 2. The van der Waals surface area contributed by atoms with Crippen LogP contribution in [0.4, 0.5) is 0 Å². The molecule has 30 heavy (non-hydrogen) atoms. The van der Waals surface area contributed by atoms with Gasteiger partial charge in [-0.3, -0.25) is 4.79 Å². The van der Waals surface area contributed by atoms with Crippen molar-refractivity contribution < 1.29 is 14.3 Å². The van der Waals surface area contributed by atoms with Crippen molar-refractivity contribution in [1.82, 2.24) is 4.90 Å². The van der Waals surface area contributed by atoms with Crippen molar-refractivity contribution in [2.45, 2.75) is 51.9 Å². The predicted molar refractivity (Wildman–Crippen MR) is 121 cm³/mol. The number of rotatable bonds is 14. The first-order chi connectivity index (χ1) is 14.6. The summed E-state index contributed by atoms with van der Waals surface area (Å²) < 4.78 is 11.4. The number of nitrogens with zero attached hydrogens (tertiary/aromatic N) is 1. The molecule has 2 aromatic carbocycles. The van der Waals surface area contributed by atoms with E-state index in [1.165, 1.54) is 11.1 Å². The smallest absolute Gasteiger partial charge is 0.239 e. The van der Waals surface area contributed by atoms with Crippen molar-refractivity contribution in [3.05, 3.63) is 71.8 Å². The van der Waals surface area contributed by atoms with Gasteiger partial charge in [0, 0.05) is 19.8 Å². The molecule has 0 unspecified atom stereocenters. The van der Waals surface area contributed by atoms with Crippen LogP contribution in [-0.4, -0.2) is 49.4 Å². The van der Waals surface area contributed by atoms with E-state index in [2.05, 4.69) is 24.3 Å². The summed E-state index contributed by atoms with van der Waals surface area (Å²) in [6.07, 6.45) is 2.75. The van der Waals surface area contributed by atoms with Crippen molar-refractivity contribution in [3.63, 3.8) is 0 Å². The van der Waals surface area contributed by atoms with Crippen molar-refractivity contribution in [2.75, 3.05) is 26.3 Å². The summed E-state index contributed by atoms with van der Waals surface area (Å²) >= 11 is 0. The van der Waals surface area contributed by atoms with E-state index >= 15 is 0 Å². The van der Waals surface area contributed by atoms with Crippen LogP contribution >= 0.6 is 0 Å². The molecule has 0 spiro atoms. The summed E-state index contributed by atoms with van der Waals surface area (Å²) in [5, 5.41) is 0. The molecule has 0 aliphatic rings. The Kier molecular flexibility index (Phi) is 11.2. The molecular weight excluding hydrogens is 376 g/mol. The number of hydrogen-bond acceptors (Lipinski definition) is 4. The van der Waals surface area contributed by atoms with Crippen LogP contribution in [0.5, 0.6) is 0 Å². The van der Waals surface area contributed by atoms with Crippen LogP contribution in [0, 0.1) is 0 Å². The Labute approximate surface area is 181 Å². The molecule has 0 saturated heterocycles. The normalized spacial score (nSPS) is 12.1. The Hall–Kier alpha value is -2.21. The zero-order valence-corrected chi connectivity index (χ0v) is 18.3. The molecule has 164 valence electrons. The molecule has 1 atom stereocenters. The zero-order chi connectivity index (χ0) is 21.6. The number of amides is 1. The number of hydrogen-bond donors (Lipinski definition) is 1. The minimum absolute atomic E-state index is 0.0385. The van der Waals surface area contributed by atoms with Crippen molar-refractivity contribution >= 4 is 5.91 Å². The van der Waals surface area contributed by atoms with E-state index in [1.807, 2.05) is 55.1 Å². The second-order valence-electron chi connectivity index (χ2n) is 7.34. The highest BCUT2D eigenvalue weighted by Crippen LogP contribution is 2.10. The molecule has 5 nitrogen and oxygen atoms in total. The van der Waals surface area contributed by atoms with Gasteiger partial charge in [0.15, 0.2) is 6.29 Å². The van der Waals surface area contributed by atoms with E-state index in [9.17, 15) is 4.79 Å². The van der Waals surface area contributed by atoms with E-state index in [4.69, 9.17) is 15.2 Å². The third-order valence-corrected chi connectivity index (χ3v) is 5.03. The Bertz CT molecular complexity index is 703. The first-order valence-electron chi connectivity index (χ1n) is 11.0. The molecule has 2 N–H and O–H groups in total. The number of carbonyl (C=O) groups excluding carboxylic acids is 1. The molecule has 0 bridgehead atoms. The monoisotopic (exact) mass is 412 g/mol. The number of nitrogens with two attached hydrogens (primary N) is 1. The van der Waals surface area contributed by atoms with Crippen LogP contribution < -0.4 is 5.73 Å². The van der Waals surface area contributed by atoms with E-state index in [0.717, 1.165) is 19.3 Å². The van der Waals surface area contributed by atoms with Gasteiger partial charge in [-0.05, 0) is 50.7 Å². The molecule has 2 rings (SSSR count). The molecule has 0 saturated carbocycles. The minimum atomic E-state index is -0.536.